The average Bonchev–Trinajstić information content (AvgIpc) is 2.36. The second-order valence-electron chi connectivity index (χ2n) is 4.87. The van der Waals surface area contributed by atoms with Crippen LogP contribution in [0.15, 0.2) is 0 Å². The molecule has 1 rings (SSSR count). The van der Waals surface area contributed by atoms with Crippen LogP contribution >= 0.6 is 0 Å². The van der Waals surface area contributed by atoms with E-state index in [0.717, 1.165) is 32.4 Å². The molecule has 0 spiro atoms. The monoisotopic (exact) mass is 241 g/mol. The van der Waals surface area contributed by atoms with Gasteiger partial charge in [0.15, 0.2) is 0 Å². The van der Waals surface area contributed by atoms with E-state index in [-0.39, 0.29) is 6.03 Å². The Labute approximate surface area is 105 Å². The van der Waals surface area contributed by atoms with Crippen molar-refractivity contribution in [2.75, 3.05) is 20.1 Å². The van der Waals surface area contributed by atoms with E-state index in [1.165, 1.54) is 12.8 Å². The van der Waals surface area contributed by atoms with Crippen LogP contribution < -0.4 is 10.6 Å². The summed E-state index contributed by atoms with van der Waals surface area (Å²) in [5, 5.41) is 6.47. The van der Waals surface area contributed by atoms with Crippen molar-refractivity contribution in [1.29, 1.82) is 0 Å². The fourth-order valence-electron chi connectivity index (χ4n) is 2.47. The minimum absolute atomic E-state index is 0.113. The van der Waals surface area contributed by atoms with E-state index in [1.54, 1.807) is 0 Å². The Kier molecular flexibility index (Phi) is 6.34. The van der Waals surface area contributed by atoms with Gasteiger partial charge in [-0.2, -0.15) is 0 Å². The quantitative estimate of drug-likeness (QED) is 0.773. The van der Waals surface area contributed by atoms with E-state index in [2.05, 4.69) is 17.6 Å². The van der Waals surface area contributed by atoms with Gasteiger partial charge in [0, 0.05) is 25.2 Å². The molecule has 1 saturated carbocycles. The molecule has 0 aromatic carbocycles. The van der Waals surface area contributed by atoms with Crippen molar-refractivity contribution in [3.05, 3.63) is 0 Å². The van der Waals surface area contributed by atoms with Gasteiger partial charge in [0.05, 0.1) is 0 Å². The fraction of sp³-hybridized carbons (Fsp3) is 0.923. The minimum Gasteiger partial charge on any atom is -0.335 e. The summed E-state index contributed by atoms with van der Waals surface area (Å²) in [7, 11) is 2.02. The molecule has 4 heteroatoms. The van der Waals surface area contributed by atoms with E-state index < -0.39 is 0 Å². The molecule has 2 amide bonds. The third kappa shape index (κ3) is 4.54. The van der Waals surface area contributed by atoms with Gasteiger partial charge in [-0.15, -0.1) is 0 Å². The first-order valence-electron chi connectivity index (χ1n) is 6.93. The average molecular weight is 241 g/mol. The first-order valence-corrected chi connectivity index (χ1v) is 6.93. The van der Waals surface area contributed by atoms with Crippen molar-refractivity contribution in [3.8, 4) is 0 Å². The summed E-state index contributed by atoms with van der Waals surface area (Å²) in [6, 6.07) is 1.13. The van der Waals surface area contributed by atoms with Crippen LogP contribution in [0.5, 0.6) is 0 Å². The van der Waals surface area contributed by atoms with Crippen molar-refractivity contribution in [2.24, 2.45) is 0 Å². The van der Waals surface area contributed by atoms with Gasteiger partial charge in [0.2, 0.25) is 0 Å². The lowest BCUT2D eigenvalue weighted by Crippen LogP contribution is -2.47. The normalized spacial score (nSPS) is 24.4. The summed E-state index contributed by atoms with van der Waals surface area (Å²) in [4.78, 5) is 13.9. The standard InChI is InChI=1S/C13H27N3O/c1-4-10-16(5-2)13(17)15-12-8-6-11(14-3)7-9-12/h11-12,14H,4-10H2,1-3H3,(H,15,17). The van der Waals surface area contributed by atoms with Crippen molar-refractivity contribution in [3.63, 3.8) is 0 Å². The first kappa shape index (κ1) is 14.3. The minimum atomic E-state index is 0.113. The molecule has 17 heavy (non-hydrogen) atoms. The molecule has 0 radical (unpaired) electrons. The number of nitrogens with one attached hydrogen (secondary N) is 2. The number of nitrogens with zero attached hydrogens (tertiary/aromatic N) is 1. The molecule has 0 saturated heterocycles. The van der Waals surface area contributed by atoms with E-state index in [0.29, 0.717) is 12.1 Å². The van der Waals surface area contributed by atoms with Gasteiger partial charge in [-0.05, 0) is 46.1 Å². The molecule has 1 aliphatic rings. The maximum Gasteiger partial charge on any atom is 0.317 e. The highest BCUT2D eigenvalue weighted by Crippen LogP contribution is 2.18. The number of hydrogen-bond acceptors (Lipinski definition) is 2. The number of carbonyl (C=O) groups is 1. The third-order valence-electron chi connectivity index (χ3n) is 3.63. The molecule has 1 aliphatic carbocycles. The predicted molar refractivity (Wildman–Crippen MR) is 71.2 cm³/mol. The zero-order valence-corrected chi connectivity index (χ0v) is 11.5. The largest absolute Gasteiger partial charge is 0.335 e. The molecule has 4 nitrogen and oxygen atoms in total. The van der Waals surface area contributed by atoms with Crippen LogP contribution in [0.4, 0.5) is 4.79 Å². The first-order chi connectivity index (χ1) is 8.21. The molecule has 0 aliphatic heterocycles. The fourth-order valence-corrected chi connectivity index (χ4v) is 2.47. The topological polar surface area (TPSA) is 44.4 Å². The van der Waals surface area contributed by atoms with Gasteiger partial charge in [-0.25, -0.2) is 4.79 Å². The van der Waals surface area contributed by atoms with Crippen molar-refractivity contribution in [2.45, 2.75) is 58.0 Å². The molecule has 2 N–H and O–H groups in total. The van der Waals surface area contributed by atoms with Gasteiger partial charge >= 0.3 is 6.03 Å². The number of urea groups is 1. The van der Waals surface area contributed by atoms with Crippen LogP contribution in [-0.4, -0.2) is 43.2 Å². The highest BCUT2D eigenvalue weighted by atomic mass is 16.2. The van der Waals surface area contributed by atoms with Gasteiger partial charge in [0.25, 0.3) is 0 Å². The molecule has 0 bridgehead atoms. The Balaban J connectivity index is 2.31. The molecule has 100 valence electrons. The SMILES string of the molecule is CCCN(CC)C(=O)NC1CCC(NC)CC1. The number of rotatable bonds is 5. The van der Waals surface area contributed by atoms with E-state index in [1.807, 2.05) is 18.9 Å². The van der Waals surface area contributed by atoms with Gasteiger partial charge in [-0.1, -0.05) is 6.92 Å². The molecule has 0 aromatic rings. The molecule has 0 aromatic heterocycles. The molecule has 0 heterocycles. The molecule has 1 fully saturated rings. The Bertz CT molecular complexity index is 225. The summed E-state index contributed by atoms with van der Waals surface area (Å²) in [6.45, 7) is 5.79. The summed E-state index contributed by atoms with van der Waals surface area (Å²) >= 11 is 0. The second kappa shape index (κ2) is 7.54. The predicted octanol–water partition coefficient (Wildman–Crippen LogP) is 1.96. The van der Waals surface area contributed by atoms with Gasteiger partial charge in [-0.3, -0.25) is 0 Å². The van der Waals surface area contributed by atoms with E-state index in [9.17, 15) is 4.79 Å². The van der Waals surface area contributed by atoms with Crippen LogP contribution in [0.25, 0.3) is 0 Å². The van der Waals surface area contributed by atoms with Crippen LogP contribution in [0.2, 0.25) is 0 Å². The van der Waals surface area contributed by atoms with Crippen LogP contribution in [0.1, 0.15) is 46.0 Å². The second-order valence-corrected chi connectivity index (χ2v) is 4.87. The summed E-state index contributed by atoms with van der Waals surface area (Å²) in [5.74, 6) is 0. The Morgan fingerprint density at radius 1 is 1.18 bits per heavy atom. The molecule has 0 atom stereocenters. The third-order valence-corrected chi connectivity index (χ3v) is 3.63. The summed E-state index contributed by atoms with van der Waals surface area (Å²) in [6.07, 6.45) is 5.55. The smallest absolute Gasteiger partial charge is 0.317 e. The lowest BCUT2D eigenvalue weighted by atomic mass is 9.91. The van der Waals surface area contributed by atoms with Crippen molar-refractivity contribution >= 4 is 6.03 Å². The Hall–Kier alpha value is -0.770. The summed E-state index contributed by atoms with van der Waals surface area (Å²) in [5.41, 5.74) is 0. The van der Waals surface area contributed by atoms with Crippen molar-refractivity contribution < 1.29 is 4.79 Å². The zero-order valence-electron chi connectivity index (χ0n) is 11.5. The zero-order chi connectivity index (χ0) is 12.7. The van der Waals surface area contributed by atoms with Gasteiger partial charge in [0.1, 0.15) is 0 Å². The Morgan fingerprint density at radius 2 is 1.76 bits per heavy atom. The maximum atomic E-state index is 12.0. The van der Waals surface area contributed by atoms with Crippen LogP contribution in [-0.2, 0) is 0 Å². The number of amides is 2. The lowest BCUT2D eigenvalue weighted by molar-refractivity contribution is 0.191. The van der Waals surface area contributed by atoms with E-state index >= 15 is 0 Å². The molecular formula is C13H27N3O. The summed E-state index contributed by atoms with van der Waals surface area (Å²) < 4.78 is 0. The number of hydrogen-bond donors (Lipinski definition) is 2. The maximum absolute atomic E-state index is 12.0. The molecule has 0 unspecified atom stereocenters. The molecular weight excluding hydrogens is 214 g/mol. The van der Waals surface area contributed by atoms with Crippen LogP contribution in [0.3, 0.4) is 0 Å². The van der Waals surface area contributed by atoms with E-state index in [4.69, 9.17) is 0 Å². The Morgan fingerprint density at radius 3 is 2.24 bits per heavy atom. The number of carbonyl (C=O) groups excluding carboxylic acids is 1. The lowest BCUT2D eigenvalue weighted by Gasteiger charge is -2.31. The van der Waals surface area contributed by atoms with Gasteiger partial charge < -0.3 is 15.5 Å². The highest BCUT2D eigenvalue weighted by molar-refractivity contribution is 5.74. The van der Waals surface area contributed by atoms with Crippen LogP contribution in [0, 0.1) is 0 Å². The highest BCUT2D eigenvalue weighted by Gasteiger charge is 2.22. The van der Waals surface area contributed by atoms with Crippen molar-refractivity contribution in [1.82, 2.24) is 15.5 Å².